The fourth-order valence-corrected chi connectivity index (χ4v) is 16.1. The predicted molar refractivity (Wildman–Crippen MR) is 336 cm³/mol. The Morgan fingerprint density at radius 2 is 1.08 bits per heavy atom. The number of anilines is 9. The third-order valence-corrected chi connectivity index (χ3v) is 19.8. The molecule has 0 saturated carbocycles. The van der Waals surface area contributed by atoms with Crippen LogP contribution < -0.4 is 31.1 Å². The summed E-state index contributed by atoms with van der Waals surface area (Å²) in [6, 6.07) is 59.6. The van der Waals surface area contributed by atoms with Crippen molar-refractivity contribution in [1.29, 1.82) is 0 Å². The zero-order chi connectivity index (χ0) is 54.1. The van der Waals surface area contributed by atoms with Crippen LogP contribution in [0.4, 0.5) is 51.2 Å². The summed E-state index contributed by atoms with van der Waals surface area (Å²) >= 11 is 1.95. The lowest BCUT2D eigenvalue weighted by molar-refractivity contribution is 0.332. The quantitative estimate of drug-likeness (QED) is 0.159. The highest BCUT2D eigenvalue weighted by Gasteiger charge is 2.49. The molecule has 0 unspecified atom stereocenters. The monoisotopic (exact) mass is 1030 g/mol. The number of hydrogen-bond acceptors (Lipinski definition) is 4. The highest BCUT2D eigenvalue weighted by Crippen LogP contribution is 2.56. The van der Waals surface area contributed by atoms with Crippen LogP contribution in [-0.4, -0.2) is 6.71 Å². The molecule has 13 rings (SSSR count). The van der Waals surface area contributed by atoms with Gasteiger partial charge in [-0.25, -0.2) is 0 Å². The van der Waals surface area contributed by atoms with Crippen molar-refractivity contribution in [2.75, 3.05) is 14.7 Å². The Bertz CT molecular complexity index is 3890. The van der Waals surface area contributed by atoms with E-state index in [0.29, 0.717) is 0 Å². The molecule has 0 atom stereocenters. The Morgan fingerprint density at radius 1 is 0.481 bits per heavy atom. The van der Waals surface area contributed by atoms with Crippen molar-refractivity contribution in [3.8, 4) is 0 Å². The Morgan fingerprint density at radius 3 is 1.77 bits per heavy atom. The molecule has 0 saturated heterocycles. The molecule has 2 aliphatic heterocycles. The molecule has 1 aromatic heterocycles. The summed E-state index contributed by atoms with van der Waals surface area (Å²) in [6.07, 6.45) is 3.47. The standard InChI is InChI=1S/C72H76BN3S/c1-44-37-61-65-62(38-44)76(58-34-32-52(68(5,6)7)66-64(58)50-23-19-20-24-63(50)77-66)59-40-49(74(46-21-17-16-18-22-46)47-27-25-45(26-28-47)67(2,3)4)30-33-56(59)73(65)57-41-54-55(72(14,15)43-71(54,12)13)42-60(57)75(61)48-29-31-51-53(39-48)70(10,11)36-35-69(51,8)9/h16-34,37-42H,35-36,43H2,1-15H3. The number of aryl methyl sites for hydroxylation is 1. The average Bonchev–Trinajstić information content (AvgIpc) is 4.07. The molecule has 0 bridgehead atoms. The maximum Gasteiger partial charge on any atom is 0.252 e. The Kier molecular flexibility index (Phi) is 10.9. The number of thiophene rings is 1. The first kappa shape index (κ1) is 50.0. The number of fused-ring (bicyclic) bond motifs is 9. The van der Waals surface area contributed by atoms with Crippen LogP contribution in [0.3, 0.4) is 0 Å². The Balaban J connectivity index is 1.15. The van der Waals surface area contributed by atoms with Gasteiger partial charge in [-0.2, -0.15) is 0 Å². The van der Waals surface area contributed by atoms with Gasteiger partial charge in [-0.15, -0.1) is 11.3 Å². The molecule has 388 valence electrons. The van der Waals surface area contributed by atoms with Crippen LogP contribution in [0.25, 0.3) is 20.2 Å². The molecule has 0 amide bonds. The summed E-state index contributed by atoms with van der Waals surface area (Å²) in [4.78, 5) is 7.86. The van der Waals surface area contributed by atoms with Crippen LogP contribution in [0.15, 0.2) is 152 Å². The van der Waals surface area contributed by atoms with E-state index in [9.17, 15) is 0 Å². The smallest absolute Gasteiger partial charge is 0.252 e. The second-order valence-corrected chi connectivity index (χ2v) is 29.2. The fraction of sp³-hybridized carbons (Fsp3) is 0.333. The lowest BCUT2D eigenvalue weighted by Gasteiger charge is -2.46. The van der Waals surface area contributed by atoms with Crippen molar-refractivity contribution < 1.29 is 0 Å². The van der Waals surface area contributed by atoms with Gasteiger partial charge in [0.15, 0.2) is 0 Å². The van der Waals surface area contributed by atoms with E-state index in [2.05, 4.69) is 270 Å². The molecule has 8 aromatic carbocycles. The third-order valence-electron chi connectivity index (χ3n) is 18.6. The third kappa shape index (κ3) is 7.71. The largest absolute Gasteiger partial charge is 0.311 e. The van der Waals surface area contributed by atoms with E-state index in [1.807, 2.05) is 11.3 Å². The zero-order valence-electron chi connectivity index (χ0n) is 48.4. The molecule has 0 spiro atoms. The molecule has 4 aliphatic rings. The van der Waals surface area contributed by atoms with Crippen molar-refractivity contribution in [3.05, 3.63) is 191 Å². The summed E-state index contributed by atoms with van der Waals surface area (Å²) in [6.45, 7) is 36.1. The number of rotatable bonds is 5. The van der Waals surface area contributed by atoms with Crippen LogP contribution in [-0.2, 0) is 32.5 Å². The van der Waals surface area contributed by atoms with Crippen LogP contribution in [0.2, 0.25) is 0 Å². The SMILES string of the molecule is Cc1cc2c3c(c1)N(c1ccc(C(C)(C)C)c4sc5ccccc5c14)c1cc(N(c4ccccc4)c4ccc(C(C)(C)C)cc4)ccc1B3c1cc3c(cc1N2c1ccc2c(c1)C(C)(C)CCC2(C)C)C(C)(C)CC3(C)C. The molecule has 5 heteroatoms. The lowest BCUT2D eigenvalue weighted by Crippen LogP contribution is -2.61. The molecule has 0 fully saturated rings. The van der Waals surface area contributed by atoms with Gasteiger partial charge in [0.2, 0.25) is 0 Å². The number of benzene rings is 8. The van der Waals surface area contributed by atoms with Gasteiger partial charge < -0.3 is 14.7 Å². The summed E-state index contributed by atoms with van der Waals surface area (Å²) in [5, 5.41) is 2.64. The second-order valence-electron chi connectivity index (χ2n) is 28.1. The average molecular weight is 1030 g/mol. The van der Waals surface area contributed by atoms with Gasteiger partial charge in [-0.3, -0.25) is 0 Å². The minimum Gasteiger partial charge on any atom is -0.311 e. The van der Waals surface area contributed by atoms with Gasteiger partial charge in [0.25, 0.3) is 6.71 Å². The lowest BCUT2D eigenvalue weighted by atomic mass is 9.33. The molecule has 3 heterocycles. The van der Waals surface area contributed by atoms with Gasteiger partial charge in [0, 0.05) is 65.7 Å². The highest BCUT2D eigenvalue weighted by molar-refractivity contribution is 7.26. The van der Waals surface area contributed by atoms with Crippen molar-refractivity contribution in [3.63, 3.8) is 0 Å². The topological polar surface area (TPSA) is 9.72 Å². The van der Waals surface area contributed by atoms with Gasteiger partial charge in [0.05, 0.1) is 5.69 Å². The molecular weight excluding hydrogens is 950 g/mol. The number of nitrogens with zero attached hydrogens (tertiary/aromatic N) is 3. The zero-order valence-corrected chi connectivity index (χ0v) is 49.2. The van der Waals surface area contributed by atoms with Gasteiger partial charge >= 0.3 is 0 Å². The molecule has 77 heavy (non-hydrogen) atoms. The fourth-order valence-electron chi connectivity index (χ4n) is 14.7. The molecule has 3 nitrogen and oxygen atoms in total. The number of para-hydroxylation sites is 1. The summed E-state index contributed by atoms with van der Waals surface area (Å²) < 4.78 is 2.69. The number of hydrogen-bond donors (Lipinski definition) is 0. The van der Waals surface area contributed by atoms with Gasteiger partial charge in [-0.1, -0.05) is 170 Å². The normalized spacial score (nSPS) is 17.5. The van der Waals surface area contributed by atoms with Crippen LogP contribution in [0.1, 0.15) is 155 Å². The van der Waals surface area contributed by atoms with E-state index in [1.54, 1.807) is 0 Å². The van der Waals surface area contributed by atoms with E-state index in [0.717, 1.165) is 23.5 Å². The van der Waals surface area contributed by atoms with Crippen molar-refractivity contribution in [1.82, 2.24) is 0 Å². The first-order valence-corrected chi connectivity index (χ1v) is 29.3. The summed E-state index contributed by atoms with van der Waals surface area (Å²) in [5.41, 5.74) is 25.2. The van der Waals surface area contributed by atoms with Crippen molar-refractivity contribution >= 4 is 106 Å². The van der Waals surface area contributed by atoms with E-state index in [4.69, 9.17) is 0 Å². The minimum atomic E-state index is -0.0532. The molecule has 2 aliphatic carbocycles. The molecule has 9 aromatic rings. The van der Waals surface area contributed by atoms with E-state index in [1.165, 1.54) is 122 Å². The maximum absolute atomic E-state index is 2.70. The first-order valence-electron chi connectivity index (χ1n) is 28.5. The van der Waals surface area contributed by atoms with Crippen molar-refractivity contribution in [2.45, 2.75) is 156 Å². The summed E-state index contributed by atoms with van der Waals surface area (Å²) in [5.74, 6) is 0. The van der Waals surface area contributed by atoms with E-state index < -0.39 is 0 Å². The Labute approximate surface area is 464 Å². The van der Waals surface area contributed by atoms with Gasteiger partial charge in [0.1, 0.15) is 0 Å². The molecular formula is C72H76BN3S. The van der Waals surface area contributed by atoms with Crippen LogP contribution >= 0.6 is 11.3 Å². The van der Waals surface area contributed by atoms with Crippen molar-refractivity contribution in [2.24, 2.45) is 0 Å². The maximum atomic E-state index is 2.70. The summed E-state index contributed by atoms with van der Waals surface area (Å²) in [7, 11) is 0. The highest BCUT2D eigenvalue weighted by atomic mass is 32.1. The first-order chi connectivity index (χ1) is 36.3. The Hall–Kier alpha value is -6.56. The van der Waals surface area contributed by atoms with Crippen LogP contribution in [0, 0.1) is 6.92 Å². The molecule has 0 radical (unpaired) electrons. The minimum absolute atomic E-state index is 0.0169. The van der Waals surface area contributed by atoms with Crippen LogP contribution in [0.5, 0.6) is 0 Å². The van der Waals surface area contributed by atoms with E-state index in [-0.39, 0.29) is 39.2 Å². The molecule has 0 N–H and O–H groups in total. The van der Waals surface area contributed by atoms with E-state index >= 15 is 0 Å². The van der Waals surface area contributed by atoms with Gasteiger partial charge in [-0.05, 0) is 193 Å². The second kappa shape index (κ2) is 16.7. The predicted octanol–water partition coefficient (Wildman–Crippen LogP) is 18.8.